The van der Waals surface area contributed by atoms with Crippen LogP contribution in [-0.4, -0.2) is 14.8 Å². The summed E-state index contributed by atoms with van der Waals surface area (Å²) in [5.41, 5.74) is 0.00603. The third-order valence-corrected chi connectivity index (χ3v) is 3.76. The molecular formula is C13H8N4O4S. The molecule has 0 saturated heterocycles. The van der Waals surface area contributed by atoms with Crippen LogP contribution in [0.4, 0.5) is 11.4 Å². The van der Waals surface area contributed by atoms with E-state index in [1.165, 1.54) is 30.1 Å². The number of pyridine rings is 1. The fourth-order valence-corrected chi connectivity index (χ4v) is 2.60. The molecule has 0 unspecified atom stereocenters. The van der Waals surface area contributed by atoms with Crippen molar-refractivity contribution in [1.29, 1.82) is 5.26 Å². The number of non-ortho nitro benzene ring substituents is 1. The molecule has 0 bridgehead atoms. The van der Waals surface area contributed by atoms with Crippen molar-refractivity contribution in [2.75, 3.05) is 0 Å². The number of nitro benzene ring substituents is 2. The predicted octanol–water partition coefficient (Wildman–Crippen LogP) is 3.06. The summed E-state index contributed by atoms with van der Waals surface area (Å²) in [6.07, 6.45) is 1.48. The molecule has 1 heterocycles. The number of aromatic nitrogens is 1. The van der Waals surface area contributed by atoms with Gasteiger partial charge in [-0.3, -0.25) is 20.2 Å². The minimum Gasteiger partial charge on any atom is -0.258 e. The van der Waals surface area contributed by atoms with Gasteiger partial charge in [0.15, 0.2) is 0 Å². The van der Waals surface area contributed by atoms with Crippen molar-refractivity contribution in [3.8, 4) is 6.07 Å². The highest BCUT2D eigenvalue weighted by Gasteiger charge is 2.19. The van der Waals surface area contributed by atoms with Crippen molar-refractivity contribution in [2.24, 2.45) is 0 Å². The van der Waals surface area contributed by atoms with E-state index < -0.39 is 9.85 Å². The molecule has 0 radical (unpaired) electrons. The minimum atomic E-state index is -0.675. The molecule has 0 saturated carbocycles. The van der Waals surface area contributed by atoms with Crippen molar-refractivity contribution in [2.45, 2.75) is 10.6 Å². The molecule has 0 amide bonds. The Morgan fingerprint density at radius 3 is 2.59 bits per heavy atom. The van der Waals surface area contributed by atoms with Crippen LogP contribution in [-0.2, 0) is 5.75 Å². The first kappa shape index (κ1) is 15.4. The maximum atomic E-state index is 11.0. The fourth-order valence-electron chi connectivity index (χ4n) is 1.68. The van der Waals surface area contributed by atoms with Crippen molar-refractivity contribution in [3.63, 3.8) is 0 Å². The predicted molar refractivity (Wildman–Crippen MR) is 78.3 cm³/mol. The maximum Gasteiger partial charge on any atom is 0.280 e. The summed E-state index contributed by atoms with van der Waals surface area (Å²) in [6.45, 7) is 0. The summed E-state index contributed by atoms with van der Waals surface area (Å²) in [5, 5.41) is 30.5. The summed E-state index contributed by atoms with van der Waals surface area (Å²) in [5.74, 6) is 0.253. The summed E-state index contributed by atoms with van der Waals surface area (Å²) >= 11 is 1.28. The van der Waals surface area contributed by atoms with Crippen LogP contribution in [0.25, 0.3) is 0 Å². The lowest BCUT2D eigenvalue weighted by molar-refractivity contribution is -0.394. The summed E-state index contributed by atoms with van der Waals surface area (Å²) in [7, 11) is 0. The van der Waals surface area contributed by atoms with Gasteiger partial charge in [-0.05, 0) is 18.2 Å². The van der Waals surface area contributed by atoms with Crippen LogP contribution in [0.2, 0.25) is 0 Å². The molecule has 110 valence electrons. The Bertz CT molecular complexity index is 788. The van der Waals surface area contributed by atoms with Gasteiger partial charge in [0.05, 0.1) is 15.9 Å². The zero-order valence-corrected chi connectivity index (χ0v) is 11.8. The number of thioether (sulfide) groups is 1. The molecule has 0 fully saturated rings. The van der Waals surface area contributed by atoms with Crippen LogP contribution in [0.5, 0.6) is 0 Å². The second kappa shape index (κ2) is 6.64. The number of nitriles is 1. The first-order valence-electron chi connectivity index (χ1n) is 5.92. The SMILES string of the molecule is N#Cc1cc(SCc2ccc([N+](=O)[O-])cc2[N+](=O)[O-])ccn1. The Hall–Kier alpha value is -2.99. The third kappa shape index (κ3) is 3.56. The lowest BCUT2D eigenvalue weighted by atomic mass is 10.2. The van der Waals surface area contributed by atoms with Crippen LogP contribution in [0.3, 0.4) is 0 Å². The highest BCUT2D eigenvalue weighted by atomic mass is 32.2. The Morgan fingerprint density at radius 1 is 1.18 bits per heavy atom. The van der Waals surface area contributed by atoms with E-state index in [1.54, 1.807) is 12.1 Å². The molecule has 0 atom stereocenters. The van der Waals surface area contributed by atoms with Gasteiger partial charge in [0, 0.05) is 28.5 Å². The first-order valence-corrected chi connectivity index (χ1v) is 6.90. The minimum absolute atomic E-state index is 0.253. The number of rotatable bonds is 5. The highest BCUT2D eigenvalue weighted by Crippen LogP contribution is 2.30. The van der Waals surface area contributed by atoms with Gasteiger partial charge in [-0.2, -0.15) is 5.26 Å². The topological polar surface area (TPSA) is 123 Å². The van der Waals surface area contributed by atoms with E-state index in [0.717, 1.165) is 11.0 Å². The van der Waals surface area contributed by atoms with Crippen molar-refractivity contribution in [3.05, 3.63) is 68.0 Å². The van der Waals surface area contributed by atoms with E-state index in [0.29, 0.717) is 5.56 Å². The lowest BCUT2D eigenvalue weighted by Crippen LogP contribution is -1.97. The van der Waals surface area contributed by atoms with Crippen LogP contribution in [0.15, 0.2) is 41.4 Å². The Kier molecular flexibility index (Phi) is 4.65. The first-order chi connectivity index (χ1) is 10.5. The van der Waals surface area contributed by atoms with Gasteiger partial charge in [-0.25, -0.2) is 4.98 Å². The molecule has 9 heteroatoms. The molecular weight excluding hydrogens is 308 g/mol. The van der Waals surface area contributed by atoms with E-state index in [1.807, 2.05) is 6.07 Å². The second-order valence-electron chi connectivity index (χ2n) is 4.10. The Labute approximate surface area is 128 Å². The molecule has 0 spiro atoms. The van der Waals surface area contributed by atoms with E-state index in [9.17, 15) is 20.2 Å². The van der Waals surface area contributed by atoms with Gasteiger partial charge < -0.3 is 0 Å². The number of nitro groups is 2. The summed E-state index contributed by atoms with van der Waals surface area (Å²) in [4.78, 5) is 25.0. The average molecular weight is 316 g/mol. The van der Waals surface area contributed by atoms with Crippen molar-refractivity contribution >= 4 is 23.1 Å². The fraction of sp³-hybridized carbons (Fsp3) is 0.0769. The Balaban J connectivity index is 2.24. The van der Waals surface area contributed by atoms with Gasteiger partial charge in [0.25, 0.3) is 11.4 Å². The third-order valence-electron chi connectivity index (χ3n) is 2.72. The summed E-state index contributed by atoms with van der Waals surface area (Å²) in [6, 6.07) is 8.71. The second-order valence-corrected chi connectivity index (χ2v) is 5.15. The van der Waals surface area contributed by atoms with Crippen LogP contribution >= 0.6 is 11.8 Å². The average Bonchev–Trinajstić information content (AvgIpc) is 2.52. The molecule has 2 rings (SSSR count). The van der Waals surface area contributed by atoms with Gasteiger partial charge >= 0.3 is 0 Å². The normalized spacial score (nSPS) is 9.95. The zero-order valence-electron chi connectivity index (χ0n) is 11.0. The van der Waals surface area contributed by atoms with Crippen LogP contribution < -0.4 is 0 Å². The standard InChI is InChI=1S/C13H8N4O4S/c14-7-10-5-12(3-4-15-10)22-8-9-1-2-11(16(18)19)6-13(9)17(20)21/h1-6H,8H2. The number of nitrogens with zero attached hydrogens (tertiary/aromatic N) is 4. The number of benzene rings is 1. The molecule has 1 aromatic heterocycles. The molecule has 2 aromatic rings. The van der Waals surface area contributed by atoms with E-state index in [-0.39, 0.29) is 22.8 Å². The molecule has 0 aliphatic rings. The number of hydrogen-bond donors (Lipinski definition) is 0. The molecule has 0 N–H and O–H groups in total. The number of hydrogen-bond acceptors (Lipinski definition) is 7. The lowest BCUT2D eigenvalue weighted by Gasteiger charge is -2.03. The molecule has 8 nitrogen and oxygen atoms in total. The Morgan fingerprint density at radius 2 is 1.95 bits per heavy atom. The largest absolute Gasteiger partial charge is 0.280 e. The van der Waals surface area contributed by atoms with Gasteiger partial charge in [0.1, 0.15) is 11.8 Å². The highest BCUT2D eigenvalue weighted by molar-refractivity contribution is 7.98. The van der Waals surface area contributed by atoms with Crippen molar-refractivity contribution in [1.82, 2.24) is 4.98 Å². The smallest absolute Gasteiger partial charge is 0.258 e. The zero-order chi connectivity index (χ0) is 16.1. The van der Waals surface area contributed by atoms with Gasteiger partial charge in [-0.15, -0.1) is 11.8 Å². The monoisotopic (exact) mass is 316 g/mol. The van der Waals surface area contributed by atoms with Gasteiger partial charge in [0.2, 0.25) is 0 Å². The van der Waals surface area contributed by atoms with E-state index in [4.69, 9.17) is 5.26 Å². The van der Waals surface area contributed by atoms with Crippen LogP contribution in [0, 0.1) is 31.6 Å². The van der Waals surface area contributed by atoms with Crippen molar-refractivity contribution < 1.29 is 9.85 Å². The van der Waals surface area contributed by atoms with Crippen LogP contribution in [0.1, 0.15) is 11.3 Å². The molecule has 1 aromatic carbocycles. The molecule has 0 aliphatic carbocycles. The molecule has 0 aliphatic heterocycles. The molecule has 22 heavy (non-hydrogen) atoms. The maximum absolute atomic E-state index is 11.0. The van der Waals surface area contributed by atoms with E-state index >= 15 is 0 Å². The summed E-state index contributed by atoms with van der Waals surface area (Å²) < 4.78 is 0. The van der Waals surface area contributed by atoms with Gasteiger partial charge in [-0.1, -0.05) is 0 Å². The quantitative estimate of drug-likeness (QED) is 0.471. The van der Waals surface area contributed by atoms with E-state index in [2.05, 4.69) is 4.98 Å².